The van der Waals surface area contributed by atoms with E-state index in [0.717, 1.165) is 30.4 Å². The van der Waals surface area contributed by atoms with Crippen LogP contribution >= 0.6 is 0 Å². The molecule has 1 saturated heterocycles. The summed E-state index contributed by atoms with van der Waals surface area (Å²) in [5.41, 5.74) is 7.20. The first-order valence-corrected chi connectivity index (χ1v) is 7.18. The fraction of sp³-hybridized carbons (Fsp3) is 0.667. The van der Waals surface area contributed by atoms with E-state index in [2.05, 4.69) is 34.9 Å². The van der Waals surface area contributed by atoms with Gasteiger partial charge >= 0.3 is 0 Å². The third kappa shape index (κ3) is 3.67. The molecule has 0 spiro atoms. The zero-order valence-corrected chi connectivity index (χ0v) is 12.3. The molecule has 4 heteroatoms. The normalized spacial score (nSPS) is 18.9. The topological polar surface area (TPSA) is 45.4 Å². The van der Waals surface area contributed by atoms with E-state index >= 15 is 0 Å². The molecule has 19 heavy (non-hydrogen) atoms. The molecule has 0 saturated carbocycles. The molecule has 1 atom stereocenters. The Morgan fingerprint density at radius 2 is 2.11 bits per heavy atom. The van der Waals surface area contributed by atoms with Crippen LogP contribution in [-0.4, -0.2) is 43.6 Å². The lowest BCUT2D eigenvalue weighted by atomic mass is 9.96. The fourth-order valence-electron chi connectivity index (χ4n) is 2.87. The molecule has 0 unspecified atom stereocenters. The average Bonchev–Trinajstić information content (AvgIpc) is 2.39. The highest BCUT2D eigenvalue weighted by molar-refractivity contribution is 5.48. The van der Waals surface area contributed by atoms with Crippen LogP contribution in [0.1, 0.15) is 31.4 Å². The lowest BCUT2D eigenvalue weighted by Crippen LogP contribution is -2.38. The fourth-order valence-corrected chi connectivity index (χ4v) is 2.87. The van der Waals surface area contributed by atoms with Crippen molar-refractivity contribution >= 4 is 5.82 Å². The highest BCUT2D eigenvalue weighted by atomic mass is 15.2. The van der Waals surface area contributed by atoms with Crippen LogP contribution in [0.2, 0.25) is 0 Å². The van der Waals surface area contributed by atoms with Crippen LogP contribution in [0.5, 0.6) is 0 Å². The van der Waals surface area contributed by atoms with Gasteiger partial charge in [-0.05, 0) is 45.8 Å². The molecular formula is C15H26N4. The summed E-state index contributed by atoms with van der Waals surface area (Å²) in [5.74, 6) is 1.90. The molecule has 1 fully saturated rings. The Balaban J connectivity index is 2.02. The van der Waals surface area contributed by atoms with Crippen molar-refractivity contribution in [2.75, 3.05) is 38.6 Å². The second-order valence-electron chi connectivity index (χ2n) is 5.90. The quantitative estimate of drug-likeness (QED) is 0.900. The molecular weight excluding hydrogens is 236 g/mol. The molecule has 0 aromatic carbocycles. The first-order chi connectivity index (χ1) is 9.08. The predicted molar refractivity (Wildman–Crippen MR) is 80.3 cm³/mol. The monoisotopic (exact) mass is 262 g/mol. The summed E-state index contributed by atoms with van der Waals surface area (Å²) in [6.07, 6.45) is 4.35. The molecule has 0 radical (unpaired) electrons. The van der Waals surface area contributed by atoms with Crippen molar-refractivity contribution in [1.29, 1.82) is 0 Å². The van der Waals surface area contributed by atoms with Crippen molar-refractivity contribution in [3.05, 3.63) is 23.9 Å². The molecule has 2 heterocycles. The maximum atomic E-state index is 6.04. The summed E-state index contributed by atoms with van der Waals surface area (Å²) < 4.78 is 0. The number of hydrogen-bond acceptors (Lipinski definition) is 4. The lowest BCUT2D eigenvalue weighted by Gasteiger charge is -2.35. The second kappa shape index (κ2) is 6.35. The minimum Gasteiger partial charge on any atom is -0.356 e. The molecule has 1 aromatic rings. The molecule has 1 aromatic heterocycles. The van der Waals surface area contributed by atoms with E-state index in [9.17, 15) is 0 Å². The predicted octanol–water partition coefficient (Wildman–Crippen LogP) is 1.88. The van der Waals surface area contributed by atoms with Crippen LogP contribution in [0.25, 0.3) is 0 Å². The number of piperidine rings is 1. The highest BCUT2D eigenvalue weighted by Crippen LogP contribution is 2.27. The van der Waals surface area contributed by atoms with Crippen LogP contribution in [0.4, 0.5) is 5.82 Å². The van der Waals surface area contributed by atoms with E-state index in [4.69, 9.17) is 5.73 Å². The second-order valence-corrected chi connectivity index (χ2v) is 5.90. The van der Waals surface area contributed by atoms with E-state index in [1.807, 2.05) is 19.2 Å². The summed E-state index contributed by atoms with van der Waals surface area (Å²) in [5, 5.41) is 0. The molecule has 0 bridgehead atoms. The van der Waals surface area contributed by atoms with Crippen molar-refractivity contribution in [1.82, 2.24) is 9.88 Å². The van der Waals surface area contributed by atoms with E-state index < -0.39 is 0 Å². The third-order valence-electron chi connectivity index (χ3n) is 3.84. The van der Waals surface area contributed by atoms with Gasteiger partial charge in [0.2, 0.25) is 0 Å². The standard InChI is InChI=1S/C15H26N4/c1-12(16)14-5-4-8-17-15(14)19-9-6-13(7-10-19)11-18(2)3/h4-5,8,12-13H,6-7,9-11,16H2,1-3H3/t12-/m1/s1. The number of rotatable bonds is 4. The van der Waals surface area contributed by atoms with E-state index in [1.165, 1.54) is 19.4 Å². The number of aromatic nitrogens is 1. The largest absolute Gasteiger partial charge is 0.356 e. The zero-order valence-electron chi connectivity index (χ0n) is 12.3. The number of nitrogens with zero attached hydrogens (tertiary/aromatic N) is 3. The Hall–Kier alpha value is -1.13. The van der Waals surface area contributed by atoms with Crippen molar-refractivity contribution in [3.8, 4) is 0 Å². The van der Waals surface area contributed by atoms with Gasteiger partial charge in [-0.3, -0.25) is 0 Å². The van der Waals surface area contributed by atoms with E-state index in [1.54, 1.807) is 0 Å². The van der Waals surface area contributed by atoms with Gasteiger partial charge in [0.25, 0.3) is 0 Å². The zero-order chi connectivity index (χ0) is 13.8. The van der Waals surface area contributed by atoms with Crippen molar-refractivity contribution in [2.24, 2.45) is 11.7 Å². The van der Waals surface area contributed by atoms with Gasteiger partial charge in [0.15, 0.2) is 0 Å². The van der Waals surface area contributed by atoms with Gasteiger partial charge in [0, 0.05) is 37.4 Å². The summed E-state index contributed by atoms with van der Waals surface area (Å²) in [6.45, 7) is 5.40. The molecule has 1 aliphatic rings. The van der Waals surface area contributed by atoms with Gasteiger partial charge < -0.3 is 15.5 Å². The Morgan fingerprint density at radius 3 is 2.68 bits per heavy atom. The smallest absolute Gasteiger partial charge is 0.133 e. The van der Waals surface area contributed by atoms with Crippen molar-refractivity contribution in [2.45, 2.75) is 25.8 Å². The highest BCUT2D eigenvalue weighted by Gasteiger charge is 2.22. The van der Waals surface area contributed by atoms with Crippen LogP contribution in [-0.2, 0) is 0 Å². The van der Waals surface area contributed by atoms with Crippen LogP contribution in [0.15, 0.2) is 18.3 Å². The Morgan fingerprint density at radius 1 is 1.42 bits per heavy atom. The third-order valence-corrected chi connectivity index (χ3v) is 3.84. The van der Waals surface area contributed by atoms with Gasteiger partial charge in [-0.1, -0.05) is 6.07 Å². The maximum Gasteiger partial charge on any atom is 0.133 e. The first-order valence-electron chi connectivity index (χ1n) is 7.18. The van der Waals surface area contributed by atoms with E-state index in [-0.39, 0.29) is 6.04 Å². The molecule has 0 amide bonds. The summed E-state index contributed by atoms with van der Waals surface area (Å²) >= 11 is 0. The number of anilines is 1. The molecule has 0 aliphatic carbocycles. The number of nitrogens with two attached hydrogens (primary N) is 1. The molecule has 4 nitrogen and oxygen atoms in total. The Bertz CT molecular complexity index is 395. The molecule has 1 aliphatic heterocycles. The SMILES string of the molecule is C[C@@H](N)c1cccnc1N1CCC(CN(C)C)CC1. The Kier molecular flexibility index (Phi) is 4.77. The van der Waals surface area contributed by atoms with Gasteiger partial charge in [-0.15, -0.1) is 0 Å². The van der Waals surface area contributed by atoms with Crippen LogP contribution < -0.4 is 10.6 Å². The van der Waals surface area contributed by atoms with Crippen LogP contribution in [0, 0.1) is 5.92 Å². The summed E-state index contributed by atoms with van der Waals surface area (Å²) in [7, 11) is 4.30. The van der Waals surface area contributed by atoms with Crippen molar-refractivity contribution < 1.29 is 0 Å². The average molecular weight is 262 g/mol. The summed E-state index contributed by atoms with van der Waals surface area (Å²) in [4.78, 5) is 9.22. The van der Waals surface area contributed by atoms with Gasteiger partial charge in [0.1, 0.15) is 5.82 Å². The molecule has 106 valence electrons. The number of hydrogen-bond donors (Lipinski definition) is 1. The van der Waals surface area contributed by atoms with Gasteiger partial charge in [0.05, 0.1) is 0 Å². The van der Waals surface area contributed by atoms with E-state index in [0.29, 0.717) is 0 Å². The lowest BCUT2D eigenvalue weighted by molar-refractivity contribution is 0.284. The summed E-state index contributed by atoms with van der Waals surface area (Å²) in [6, 6.07) is 4.11. The van der Waals surface area contributed by atoms with Gasteiger partial charge in [-0.25, -0.2) is 4.98 Å². The van der Waals surface area contributed by atoms with Crippen molar-refractivity contribution in [3.63, 3.8) is 0 Å². The maximum absolute atomic E-state index is 6.04. The Labute approximate surface area is 116 Å². The van der Waals surface area contributed by atoms with Gasteiger partial charge in [-0.2, -0.15) is 0 Å². The first kappa shape index (κ1) is 14.3. The minimum absolute atomic E-state index is 0.0446. The van der Waals surface area contributed by atoms with Crippen LogP contribution in [0.3, 0.4) is 0 Å². The molecule has 2 N–H and O–H groups in total. The molecule has 2 rings (SSSR count). The minimum atomic E-state index is 0.0446. The number of pyridine rings is 1.